The number of nitrogens with one attached hydrogen (secondary N) is 1. The van der Waals surface area contributed by atoms with E-state index in [0.717, 1.165) is 50.5 Å². The van der Waals surface area contributed by atoms with E-state index in [2.05, 4.69) is 20.1 Å². The van der Waals surface area contributed by atoms with Crippen molar-refractivity contribution in [3.8, 4) is 0 Å². The van der Waals surface area contributed by atoms with Crippen molar-refractivity contribution in [2.45, 2.75) is 50.6 Å². The number of aryl methyl sites for hydroxylation is 1. The van der Waals surface area contributed by atoms with E-state index in [4.69, 9.17) is 0 Å². The highest BCUT2D eigenvalue weighted by Gasteiger charge is 2.49. The Balaban J connectivity index is 1.33. The average molecular weight is 378 g/mol. The Kier molecular flexibility index (Phi) is 4.94. The van der Waals surface area contributed by atoms with Crippen molar-refractivity contribution in [1.29, 1.82) is 0 Å². The van der Waals surface area contributed by atoms with Gasteiger partial charge in [-0.3, -0.25) is 14.7 Å². The Hall–Kier alpha value is -1.57. The van der Waals surface area contributed by atoms with Gasteiger partial charge in [0.2, 0.25) is 17.0 Å². The molecule has 2 saturated heterocycles. The summed E-state index contributed by atoms with van der Waals surface area (Å²) in [5.74, 6) is 2.27. The molecule has 26 heavy (non-hydrogen) atoms. The Morgan fingerprint density at radius 1 is 1.35 bits per heavy atom. The van der Waals surface area contributed by atoms with Crippen molar-refractivity contribution < 1.29 is 9.59 Å². The van der Waals surface area contributed by atoms with E-state index in [9.17, 15) is 9.59 Å². The van der Waals surface area contributed by atoms with Crippen molar-refractivity contribution in [3.05, 3.63) is 5.82 Å². The van der Waals surface area contributed by atoms with Crippen LogP contribution in [0.25, 0.3) is 0 Å². The zero-order valence-electron chi connectivity index (χ0n) is 15.4. The number of thioether (sulfide) groups is 1. The number of piperidine rings is 1. The summed E-state index contributed by atoms with van der Waals surface area (Å²) in [4.78, 5) is 33.9. The van der Waals surface area contributed by atoms with E-state index >= 15 is 0 Å². The third kappa shape index (κ3) is 3.61. The van der Waals surface area contributed by atoms with Gasteiger partial charge < -0.3 is 9.80 Å². The van der Waals surface area contributed by atoms with Crippen molar-refractivity contribution in [3.63, 3.8) is 0 Å². The molecule has 0 bridgehead atoms. The summed E-state index contributed by atoms with van der Waals surface area (Å²) in [5, 5.41) is 7.61. The minimum absolute atomic E-state index is 0.0850. The number of hydrogen-bond donors (Lipinski definition) is 1. The number of carbonyl (C=O) groups is 2. The first kappa shape index (κ1) is 17.8. The molecule has 142 valence electrons. The lowest BCUT2D eigenvalue weighted by molar-refractivity contribution is -0.146. The second-order valence-electron chi connectivity index (χ2n) is 7.85. The summed E-state index contributed by atoms with van der Waals surface area (Å²) in [6.07, 6.45) is 6.12. The Morgan fingerprint density at radius 2 is 2.19 bits per heavy atom. The van der Waals surface area contributed by atoms with Crippen LogP contribution in [0.15, 0.2) is 5.16 Å². The van der Waals surface area contributed by atoms with Gasteiger partial charge in [-0.15, -0.1) is 5.10 Å². The number of carbonyl (C=O) groups excluding carboxylic acids is 2. The van der Waals surface area contributed by atoms with Crippen LogP contribution < -0.4 is 0 Å². The number of likely N-dealkylation sites (tertiary alicyclic amines) is 2. The second kappa shape index (κ2) is 7.21. The van der Waals surface area contributed by atoms with E-state index in [0.29, 0.717) is 29.9 Å². The number of hydrogen-bond acceptors (Lipinski definition) is 5. The topological polar surface area (TPSA) is 82.2 Å². The minimum atomic E-state index is -0.326. The Labute approximate surface area is 158 Å². The molecule has 1 atom stereocenters. The number of rotatable bonds is 6. The molecule has 4 rings (SSSR count). The molecule has 3 fully saturated rings. The summed E-state index contributed by atoms with van der Waals surface area (Å²) >= 11 is 1.36. The standard InChI is InChI=1S/C18H27N5O2S/c1-2-14-19-17(21-20-14)26-11-15(24)23-9-7-18(12-23)6-3-8-22(16(18)25)10-13-4-5-13/h13H,2-12H2,1H3,(H,19,20,21). The van der Waals surface area contributed by atoms with Gasteiger partial charge in [0.05, 0.1) is 11.2 Å². The van der Waals surface area contributed by atoms with Crippen LogP contribution in [0.1, 0.15) is 44.9 Å². The highest BCUT2D eigenvalue weighted by molar-refractivity contribution is 7.99. The Bertz CT molecular complexity index is 689. The van der Waals surface area contributed by atoms with Gasteiger partial charge in [-0.2, -0.15) is 0 Å². The van der Waals surface area contributed by atoms with Gasteiger partial charge in [-0.05, 0) is 38.0 Å². The fourth-order valence-electron chi connectivity index (χ4n) is 4.12. The fraction of sp³-hybridized carbons (Fsp3) is 0.778. The molecule has 1 aromatic heterocycles. The number of nitrogens with zero attached hydrogens (tertiary/aromatic N) is 4. The molecular formula is C18H27N5O2S. The molecule has 1 N–H and O–H groups in total. The first-order chi connectivity index (χ1) is 12.6. The maximum atomic E-state index is 13.1. The molecule has 7 nitrogen and oxygen atoms in total. The van der Waals surface area contributed by atoms with Crippen LogP contribution in [-0.2, 0) is 16.0 Å². The zero-order valence-corrected chi connectivity index (χ0v) is 16.2. The van der Waals surface area contributed by atoms with Crippen LogP contribution in [0, 0.1) is 11.3 Å². The van der Waals surface area contributed by atoms with E-state index < -0.39 is 0 Å². The average Bonchev–Trinajstić information content (AvgIpc) is 3.18. The van der Waals surface area contributed by atoms with Gasteiger partial charge in [0.25, 0.3) is 0 Å². The largest absolute Gasteiger partial charge is 0.342 e. The van der Waals surface area contributed by atoms with Crippen LogP contribution in [0.2, 0.25) is 0 Å². The molecule has 0 radical (unpaired) electrons. The lowest BCUT2D eigenvalue weighted by atomic mass is 9.78. The molecule has 2 aliphatic heterocycles. The van der Waals surface area contributed by atoms with Gasteiger partial charge in [-0.25, -0.2) is 4.98 Å². The van der Waals surface area contributed by atoms with Crippen LogP contribution in [0.4, 0.5) is 0 Å². The van der Waals surface area contributed by atoms with Crippen LogP contribution >= 0.6 is 11.8 Å². The molecular weight excluding hydrogens is 350 g/mol. The minimum Gasteiger partial charge on any atom is -0.342 e. The summed E-state index contributed by atoms with van der Waals surface area (Å²) < 4.78 is 0. The molecule has 3 aliphatic rings. The SMILES string of the molecule is CCc1nc(SCC(=O)N2CCC3(CCCN(CC4CC4)C3=O)C2)n[nH]1. The van der Waals surface area contributed by atoms with E-state index in [1.807, 2.05) is 11.8 Å². The third-order valence-corrected chi connectivity index (χ3v) is 6.71. The normalized spacial score (nSPS) is 26.1. The molecule has 3 heterocycles. The summed E-state index contributed by atoms with van der Waals surface area (Å²) in [5.41, 5.74) is -0.326. The van der Waals surface area contributed by atoms with Crippen molar-refractivity contribution in [2.75, 3.05) is 31.9 Å². The molecule has 0 aromatic carbocycles. The molecule has 1 aromatic rings. The first-order valence-corrected chi connectivity index (χ1v) is 10.7. The molecule has 1 aliphatic carbocycles. The van der Waals surface area contributed by atoms with E-state index in [1.54, 1.807) is 0 Å². The summed E-state index contributed by atoms with van der Waals surface area (Å²) in [7, 11) is 0. The summed E-state index contributed by atoms with van der Waals surface area (Å²) in [6, 6.07) is 0. The van der Waals surface area contributed by atoms with Gasteiger partial charge >= 0.3 is 0 Å². The van der Waals surface area contributed by atoms with Gasteiger partial charge in [-0.1, -0.05) is 18.7 Å². The van der Waals surface area contributed by atoms with Gasteiger partial charge in [0.1, 0.15) is 5.82 Å². The molecule has 1 spiro atoms. The van der Waals surface area contributed by atoms with Crippen molar-refractivity contribution in [2.24, 2.45) is 11.3 Å². The number of H-pyrrole nitrogens is 1. The highest BCUT2D eigenvalue weighted by Crippen LogP contribution is 2.41. The smallest absolute Gasteiger partial charge is 0.233 e. The molecule has 8 heteroatoms. The van der Waals surface area contributed by atoms with Crippen LogP contribution in [0.5, 0.6) is 0 Å². The third-order valence-electron chi connectivity index (χ3n) is 5.88. The lowest BCUT2D eigenvalue weighted by Crippen LogP contribution is -2.51. The maximum Gasteiger partial charge on any atom is 0.233 e. The predicted octanol–water partition coefficient (Wildman–Crippen LogP) is 1.71. The Morgan fingerprint density at radius 3 is 2.92 bits per heavy atom. The van der Waals surface area contributed by atoms with E-state index in [1.165, 1.54) is 24.6 Å². The highest BCUT2D eigenvalue weighted by atomic mass is 32.2. The fourth-order valence-corrected chi connectivity index (χ4v) is 4.84. The van der Waals surface area contributed by atoms with Crippen LogP contribution in [-0.4, -0.2) is 68.7 Å². The quantitative estimate of drug-likeness (QED) is 0.763. The van der Waals surface area contributed by atoms with E-state index in [-0.39, 0.29) is 11.3 Å². The number of aromatic amines is 1. The number of aromatic nitrogens is 3. The molecule has 1 saturated carbocycles. The number of amides is 2. The van der Waals surface area contributed by atoms with Gasteiger partial charge in [0.15, 0.2) is 0 Å². The van der Waals surface area contributed by atoms with Crippen LogP contribution in [0.3, 0.4) is 0 Å². The van der Waals surface area contributed by atoms with Crippen molar-refractivity contribution in [1.82, 2.24) is 25.0 Å². The first-order valence-electron chi connectivity index (χ1n) is 9.71. The monoisotopic (exact) mass is 377 g/mol. The summed E-state index contributed by atoms with van der Waals surface area (Å²) in [6.45, 7) is 5.11. The zero-order chi connectivity index (χ0) is 18.1. The maximum absolute atomic E-state index is 13.1. The molecule has 2 amide bonds. The van der Waals surface area contributed by atoms with Crippen molar-refractivity contribution >= 4 is 23.6 Å². The lowest BCUT2D eigenvalue weighted by Gasteiger charge is -2.39. The molecule has 1 unspecified atom stereocenters. The predicted molar refractivity (Wildman–Crippen MR) is 98.7 cm³/mol. The van der Waals surface area contributed by atoms with Gasteiger partial charge in [0, 0.05) is 32.6 Å². The second-order valence-corrected chi connectivity index (χ2v) is 8.79.